The molecule has 0 radical (unpaired) electrons. The summed E-state index contributed by atoms with van der Waals surface area (Å²) in [4.78, 5) is 2.06. The largest absolute Gasteiger partial charge is 0.706 e. The first-order valence-corrected chi connectivity index (χ1v) is 4.80. The van der Waals surface area contributed by atoms with Crippen molar-refractivity contribution < 1.29 is 26.3 Å². The maximum atomic E-state index is 12.4. The molecule has 0 spiro atoms. The second kappa shape index (κ2) is 5.28. The van der Waals surface area contributed by atoms with Crippen LogP contribution in [0.25, 0.3) is 21.9 Å². The van der Waals surface area contributed by atoms with Gasteiger partial charge in [-0.1, -0.05) is 12.1 Å². The standard InChI is InChI=1S/C10H4F6N4/c11-9(12,13)7(19-17)5-1-2-6(4-3-5)8(20-18)10(14,15)16/h1-4H. The van der Waals surface area contributed by atoms with Gasteiger partial charge in [0.2, 0.25) is 5.39 Å². The third-order valence-electron chi connectivity index (χ3n) is 2.17. The first-order chi connectivity index (χ1) is 9.11. The van der Waals surface area contributed by atoms with Crippen molar-refractivity contribution in [3.05, 3.63) is 45.2 Å². The predicted molar refractivity (Wildman–Crippen MR) is 55.5 cm³/mol. The summed E-state index contributed by atoms with van der Waals surface area (Å²) in [7, 11) is 0. The third-order valence-corrected chi connectivity index (χ3v) is 2.17. The molecule has 0 bridgehead atoms. The molecule has 4 nitrogen and oxygen atoms in total. The highest BCUT2D eigenvalue weighted by atomic mass is 19.4. The number of halogens is 6. The van der Waals surface area contributed by atoms with Crippen LogP contribution in [0.4, 0.5) is 26.3 Å². The van der Waals surface area contributed by atoms with Crippen LogP contribution in [0.2, 0.25) is 0 Å². The molecule has 0 aliphatic heterocycles. The molecule has 0 unspecified atom stereocenters. The summed E-state index contributed by atoms with van der Waals surface area (Å²) < 4.78 is 74.3. The van der Waals surface area contributed by atoms with Gasteiger partial charge >= 0.3 is 18.0 Å². The molecule has 0 aliphatic rings. The SMILES string of the molecule is N#[N+]C(=c1ccc(=C(N=[N-])C(F)(F)F)cc1)C(F)(F)F. The van der Waals surface area contributed by atoms with Crippen LogP contribution in [0.5, 0.6) is 0 Å². The molecule has 0 aliphatic carbocycles. The fraction of sp³-hybridized carbons (Fsp3) is 0.200. The van der Waals surface area contributed by atoms with E-state index < -0.39 is 34.2 Å². The van der Waals surface area contributed by atoms with Crippen molar-refractivity contribution in [1.29, 1.82) is 5.39 Å². The van der Waals surface area contributed by atoms with E-state index in [0.29, 0.717) is 24.3 Å². The summed E-state index contributed by atoms with van der Waals surface area (Å²) in [6.07, 6.45) is -9.93. The zero-order valence-corrected chi connectivity index (χ0v) is 9.37. The van der Waals surface area contributed by atoms with Gasteiger partial charge in [0.25, 0.3) is 0 Å². The van der Waals surface area contributed by atoms with Crippen LogP contribution in [0.3, 0.4) is 0 Å². The van der Waals surface area contributed by atoms with Gasteiger partial charge in [0, 0.05) is 5.22 Å². The van der Waals surface area contributed by atoms with E-state index >= 15 is 0 Å². The van der Waals surface area contributed by atoms with Crippen molar-refractivity contribution in [2.75, 3.05) is 0 Å². The lowest BCUT2D eigenvalue weighted by molar-refractivity contribution is -0.0721. The van der Waals surface area contributed by atoms with E-state index in [1.165, 1.54) is 0 Å². The number of rotatable bonds is 1. The van der Waals surface area contributed by atoms with Crippen LogP contribution >= 0.6 is 0 Å². The zero-order valence-electron chi connectivity index (χ0n) is 9.37. The quantitative estimate of drug-likeness (QED) is 0.446. The molecular formula is C10H4F6N4. The Bertz CT molecular complexity index is 656. The Morgan fingerprint density at radius 1 is 0.950 bits per heavy atom. The smallest absolute Gasteiger partial charge is 0.501 e. The van der Waals surface area contributed by atoms with E-state index in [1.807, 2.05) is 0 Å². The van der Waals surface area contributed by atoms with E-state index in [1.54, 1.807) is 0 Å². The minimum Gasteiger partial charge on any atom is -0.706 e. The summed E-state index contributed by atoms with van der Waals surface area (Å²) in [6, 6.07) is 2.65. The summed E-state index contributed by atoms with van der Waals surface area (Å²) in [5, 5.41) is 9.08. The van der Waals surface area contributed by atoms with Gasteiger partial charge in [-0.15, -0.1) is 0 Å². The van der Waals surface area contributed by atoms with E-state index in [0.717, 1.165) is 0 Å². The molecule has 10 heteroatoms. The number of hydrogen-bond donors (Lipinski definition) is 0. The normalized spacial score (nSPS) is 11.7. The molecule has 0 saturated heterocycles. The lowest BCUT2D eigenvalue weighted by Gasteiger charge is -2.08. The Morgan fingerprint density at radius 2 is 1.40 bits per heavy atom. The molecule has 0 heterocycles. The predicted octanol–water partition coefficient (Wildman–Crippen LogP) is 2.90. The zero-order chi connectivity index (χ0) is 15.6. The molecule has 0 fully saturated rings. The van der Waals surface area contributed by atoms with Crippen LogP contribution in [0.1, 0.15) is 0 Å². The molecule has 1 aromatic rings. The van der Waals surface area contributed by atoms with Crippen LogP contribution < -0.4 is 10.4 Å². The number of hydrogen-bond acceptors (Lipinski definition) is 2. The highest BCUT2D eigenvalue weighted by Crippen LogP contribution is 2.27. The van der Waals surface area contributed by atoms with E-state index in [9.17, 15) is 26.3 Å². The molecule has 0 amide bonds. The lowest BCUT2D eigenvalue weighted by atomic mass is 10.2. The second-order valence-electron chi connectivity index (χ2n) is 3.47. The minimum absolute atomic E-state index is 0.636. The molecule has 20 heavy (non-hydrogen) atoms. The fourth-order valence-electron chi connectivity index (χ4n) is 1.34. The van der Waals surface area contributed by atoms with Crippen molar-refractivity contribution in [3.8, 4) is 0 Å². The fourth-order valence-corrected chi connectivity index (χ4v) is 1.34. The molecule has 0 aromatic heterocycles. The second-order valence-corrected chi connectivity index (χ2v) is 3.47. The van der Waals surface area contributed by atoms with Crippen LogP contribution in [0.15, 0.2) is 29.4 Å². The third kappa shape index (κ3) is 3.31. The highest BCUT2D eigenvalue weighted by molar-refractivity contribution is 5.56. The van der Waals surface area contributed by atoms with E-state index in [2.05, 4.69) is 10.1 Å². The summed E-state index contributed by atoms with van der Waals surface area (Å²) in [5.74, 6) is 0. The Hall–Kier alpha value is -2.44. The van der Waals surface area contributed by atoms with E-state index in [-0.39, 0.29) is 0 Å². The lowest BCUT2D eigenvalue weighted by Crippen LogP contribution is -2.22. The number of nitrogens with zero attached hydrogens (tertiary/aromatic N) is 4. The first-order valence-electron chi connectivity index (χ1n) is 4.80. The average molecular weight is 294 g/mol. The highest BCUT2D eigenvalue weighted by Gasteiger charge is 2.46. The maximum absolute atomic E-state index is 12.4. The Balaban J connectivity index is 3.61. The molecule has 1 aromatic carbocycles. The molecule has 1 rings (SSSR count). The van der Waals surface area contributed by atoms with Gasteiger partial charge in [-0.3, -0.25) is 0 Å². The van der Waals surface area contributed by atoms with Gasteiger partial charge in [0.05, 0.1) is 5.22 Å². The molecule has 0 N–H and O–H groups in total. The van der Waals surface area contributed by atoms with E-state index in [4.69, 9.17) is 10.9 Å². The molecular weight excluding hydrogens is 290 g/mol. The maximum Gasteiger partial charge on any atom is 0.501 e. The van der Waals surface area contributed by atoms with Gasteiger partial charge in [0.1, 0.15) is 5.70 Å². The first kappa shape index (κ1) is 15.6. The number of benzene rings is 1. The Morgan fingerprint density at radius 3 is 1.70 bits per heavy atom. The number of alkyl halides is 6. The molecule has 0 atom stereocenters. The topological polar surface area (TPSA) is 62.8 Å². The monoisotopic (exact) mass is 294 g/mol. The van der Waals surface area contributed by atoms with Crippen molar-refractivity contribution in [1.82, 2.24) is 0 Å². The minimum atomic E-state index is -4.96. The van der Waals surface area contributed by atoms with Gasteiger partial charge in [0.15, 0.2) is 4.98 Å². The van der Waals surface area contributed by atoms with Crippen molar-refractivity contribution in [2.45, 2.75) is 12.4 Å². The van der Waals surface area contributed by atoms with Crippen LogP contribution in [0, 0.1) is 5.39 Å². The van der Waals surface area contributed by atoms with Gasteiger partial charge in [-0.05, 0) is 12.1 Å². The van der Waals surface area contributed by atoms with Gasteiger partial charge in [-0.2, -0.15) is 26.3 Å². The summed E-state index contributed by atoms with van der Waals surface area (Å²) in [5.41, 5.74) is 4.98. The average Bonchev–Trinajstić information content (AvgIpc) is 2.29. The Kier molecular flexibility index (Phi) is 4.12. The summed E-state index contributed by atoms with van der Waals surface area (Å²) >= 11 is 0. The summed E-state index contributed by atoms with van der Waals surface area (Å²) in [6.45, 7) is 0. The number of diazo groups is 1. The molecule has 106 valence electrons. The molecule has 0 saturated carbocycles. The van der Waals surface area contributed by atoms with Crippen molar-refractivity contribution >= 4 is 11.4 Å². The van der Waals surface area contributed by atoms with Crippen LogP contribution in [-0.2, 0) is 0 Å². The van der Waals surface area contributed by atoms with Crippen molar-refractivity contribution in [3.63, 3.8) is 0 Å². The van der Waals surface area contributed by atoms with Gasteiger partial charge in [-0.25, -0.2) is 0 Å². The van der Waals surface area contributed by atoms with Gasteiger partial charge < -0.3 is 10.6 Å². The van der Waals surface area contributed by atoms with Crippen molar-refractivity contribution in [2.24, 2.45) is 5.11 Å². The van der Waals surface area contributed by atoms with Crippen LogP contribution in [-0.4, -0.2) is 12.4 Å². The Labute approximate surface area is 107 Å².